The van der Waals surface area contributed by atoms with Gasteiger partial charge in [0.1, 0.15) is 19.3 Å². The van der Waals surface area contributed by atoms with Crippen LogP contribution in [0.1, 0.15) is 17.2 Å². The van der Waals surface area contributed by atoms with Crippen LogP contribution in [0.3, 0.4) is 0 Å². The van der Waals surface area contributed by atoms with E-state index in [4.69, 9.17) is 21.1 Å². The number of rotatable bonds is 2. The van der Waals surface area contributed by atoms with E-state index >= 15 is 0 Å². The molecule has 0 amide bonds. The Hall–Kier alpha value is -0.750. The van der Waals surface area contributed by atoms with Gasteiger partial charge in [-0.25, -0.2) is 0 Å². The zero-order chi connectivity index (χ0) is 13.4. The average molecular weight is 362 g/mol. The van der Waals surface area contributed by atoms with Gasteiger partial charge in [0.15, 0.2) is 11.5 Å². The molecule has 1 aliphatic rings. The van der Waals surface area contributed by atoms with E-state index in [-0.39, 0.29) is 0 Å². The van der Waals surface area contributed by atoms with Crippen molar-refractivity contribution in [3.05, 3.63) is 43.5 Å². The van der Waals surface area contributed by atoms with E-state index in [1.807, 2.05) is 10.8 Å². The van der Waals surface area contributed by atoms with E-state index in [1.54, 1.807) is 12.1 Å². The van der Waals surface area contributed by atoms with Crippen molar-refractivity contribution in [2.24, 2.45) is 0 Å². The quantitative estimate of drug-likeness (QED) is 0.878. The second-order valence-electron chi connectivity index (χ2n) is 4.10. The molecule has 1 aliphatic heterocycles. The van der Waals surface area contributed by atoms with Crippen molar-refractivity contribution in [1.29, 1.82) is 0 Å². The summed E-state index contributed by atoms with van der Waals surface area (Å²) in [5.41, 5.74) is 1.51. The van der Waals surface area contributed by atoms with E-state index in [0.29, 0.717) is 35.3 Å². The first-order valence-electron chi connectivity index (χ1n) is 5.65. The van der Waals surface area contributed by atoms with Crippen LogP contribution in [0.5, 0.6) is 11.5 Å². The largest absolute Gasteiger partial charge is 0.486 e. The van der Waals surface area contributed by atoms with Crippen molar-refractivity contribution in [3.8, 4) is 11.5 Å². The van der Waals surface area contributed by atoms with Gasteiger partial charge in [0.25, 0.3) is 0 Å². The molecule has 100 valence electrons. The summed E-state index contributed by atoms with van der Waals surface area (Å²) in [4.78, 5) is 0. The molecule has 0 saturated carbocycles. The van der Waals surface area contributed by atoms with Gasteiger partial charge in [0.2, 0.25) is 0 Å². The minimum absolute atomic E-state index is 0.456. The third kappa shape index (κ3) is 2.48. The van der Waals surface area contributed by atoms with Crippen molar-refractivity contribution in [1.82, 2.24) is 0 Å². The van der Waals surface area contributed by atoms with Crippen LogP contribution in [-0.2, 0) is 0 Å². The summed E-state index contributed by atoms with van der Waals surface area (Å²) in [6.45, 7) is 0.982. The fourth-order valence-corrected chi connectivity index (χ4v) is 3.76. The fraction of sp³-hybridized carbons (Fsp3) is 0.231. The number of hydrogen-bond acceptors (Lipinski definition) is 4. The third-order valence-corrected chi connectivity index (χ3v) is 4.90. The molecule has 0 saturated heterocycles. The van der Waals surface area contributed by atoms with Gasteiger partial charge in [-0.1, -0.05) is 11.6 Å². The third-order valence-electron chi connectivity index (χ3n) is 2.87. The van der Waals surface area contributed by atoms with E-state index in [0.717, 1.165) is 10.0 Å². The lowest BCUT2D eigenvalue weighted by atomic mass is 10.0. The molecule has 1 atom stereocenters. The molecule has 2 aromatic rings. The Kier molecular flexibility index (Phi) is 3.71. The number of aliphatic hydroxyl groups excluding tert-OH is 1. The van der Waals surface area contributed by atoms with Crippen LogP contribution in [0.25, 0.3) is 0 Å². The minimum atomic E-state index is -0.742. The predicted molar refractivity (Wildman–Crippen MR) is 78.5 cm³/mol. The van der Waals surface area contributed by atoms with Gasteiger partial charge in [-0.2, -0.15) is 11.3 Å². The molecule has 6 heteroatoms. The normalized spacial score (nSPS) is 15.3. The first kappa shape index (κ1) is 13.2. The highest BCUT2D eigenvalue weighted by molar-refractivity contribution is 9.10. The van der Waals surface area contributed by atoms with E-state index in [2.05, 4.69) is 15.9 Å². The summed E-state index contributed by atoms with van der Waals surface area (Å²) in [6.07, 6.45) is -0.742. The van der Waals surface area contributed by atoms with Crippen molar-refractivity contribution < 1.29 is 14.6 Å². The maximum atomic E-state index is 10.4. The van der Waals surface area contributed by atoms with Crippen molar-refractivity contribution >= 4 is 38.9 Å². The van der Waals surface area contributed by atoms with Gasteiger partial charge in [-0.3, -0.25) is 0 Å². The zero-order valence-electron chi connectivity index (χ0n) is 9.73. The van der Waals surface area contributed by atoms with Crippen molar-refractivity contribution in [2.45, 2.75) is 6.10 Å². The summed E-state index contributed by atoms with van der Waals surface area (Å²) in [5, 5.41) is 14.7. The SMILES string of the molecule is OC(c1cc(Cl)c2c(c1)OCCO2)c1cscc1Br. The van der Waals surface area contributed by atoms with E-state index < -0.39 is 6.10 Å². The Morgan fingerprint density at radius 2 is 2.05 bits per heavy atom. The van der Waals surface area contributed by atoms with Gasteiger partial charge in [0, 0.05) is 15.4 Å². The molecule has 0 radical (unpaired) electrons. The van der Waals surface area contributed by atoms with Crippen LogP contribution < -0.4 is 9.47 Å². The molecule has 0 fully saturated rings. The number of aliphatic hydroxyl groups is 1. The maximum absolute atomic E-state index is 10.4. The lowest BCUT2D eigenvalue weighted by Crippen LogP contribution is -2.16. The maximum Gasteiger partial charge on any atom is 0.179 e. The van der Waals surface area contributed by atoms with E-state index in [9.17, 15) is 5.11 Å². The highest BCUT2D eigenvalue weighted by atomic mass is 79.9. The number of benzene rings is 1. The van der Waals surface area contributed by atoms with Gasteiger partial charge in [-0.05, 0) is 39.0 Å². The summed E-state index contributed by atoms with van der Waals surface area (Å²) >= 11 is 11.1. The average Bonchev–Trinajstić information content (AvgIpc) is 2.84. The summed E-state index contributed by atoms with van der Waals surface area (Å²) < 4.78 is 11.9. The Morgan fingerprint density at radius 1 is 1.26 bits per heavy atom. The Morgan fingerprint density at radius 3 is 2.79 bits per heavy atom. The predicted octanol–water partition coefficient (Wildman–Crippen LogP) is 4.02. The number of halogens is 2. The minimum Gasteiger partial charge on any atom is -0.486 e. The Balaban J connectivity index is 2.02. The molecule has 0 aliphatic carbocycles. The summed E-state index contributed by atoms with van der Waals surface area (Å²) in [7, 11) is 0. The fourth-order valence-electron chi connectivity index (χ4n) is 1.95. The van der Waals surface area contributed by atoms with Crippen LogP contribution in [0.2, 0.25) is 5.02 Å². The number of thiophene rings is 1. The molecule has 1 N–H and O–H groups in total. The molecule has 19 heavy (non-hydrogen) atoms. The second kappa shape index (κ2) is 5.32. The lowest BCUT2D eigenvalue weighted by Gasteiger charge is -2.21. The topological polar surface area (TPSA) is 38.7 Å². The van der Waals surface area contributed by atoms with Crippen LogP contribution in [0.4, 0.5) is 0 Å². The standard InChI is InChI=1S/C13H10BrClO3S/c14-9-6-19-5-8(9)12(16)7-3-10(15)13-11(4-7)17-1-2-18-13/h3-6,12,16H,1-2H2. The molecule has 1 aromatic carbocycles. The lowest BCUT2D eigenvalue weighted by molar-refractivity contribution is 0.170. The van der Waals surface area contributed by atoms with Gasteiger partial charge in [0.05, 0.1) is 5.02 Å². The molecule has 3 rings (SSSR count). The molecule has 0 spiro atoms. The summed E-state index contributed by atoms with van der Waals surface area (Å²) in [6, 6.07) is 3.49. The molecule has 1 unspecified atom stereocenters. The second-order valence-corrected chi connectivity index (χ2v) is 6.11. The molecular weight excluding hydrogens is 352 g/mol. The van der Waals surface area contributed by atoms with Crippen molar-refractivity contribution in [3.63, 3.8) is 0 Å². The van der Waals surface area contributed by atoms with Crippen LogP contribution >= 0.6 is 38.9 Å². The Bertz CT molecular complexity index is 614. The number of fused-ring (bicyclic) bond motifs is 1. The monoisotopic (exact) mass is 360 g/mol. The first-order chi connectivity index (χ1) is 9.16. The highest BCUT2D eigenvalue weighted by Gasteiger charge is 2.21. The van der Waals surface area contributed by atoms with Gasteiger partial charge in [-0.15, -0.1) is 0 Å². The van der Waals surface area contributed by atoms with Gasteiger partial charge < -0.3 is 14.6 Å². The van der Waals surface area contributed by atoms with Crippen LogP contribution in [0.15, 0.2) is 27.4 Å². The smallest absolute Gasteiger partial charge is 0.179 e. The van der Waals surface area contributed by atoms with Crippen molar-refractivity contribution in [2.75, 3.05) is 13.2 Å². The molecule has 0 bridgehead atoms. The molecule has 1 aromatic heterocycles. The first-order valence-corrected chi connectivity index (χ1v) is 7.77. The highest BCUT2D eigenvalue weighted by Crippen LogP contribution is 2.41. The van der Waals surface area contributed by atoms with E-state index in [1.165, 1.54) is 11.3 Å². The summed E-state index contributed by atoms with van der Waals surface area (Å²) in [5.74, 6) is 1.13. The van der Waals surface area contributed by atoms with Gasteiger partial charge >= 0.3 is 0 Å². The molecule has 3 nitrogen and oxygen atoms in total. The number of hydrogen-bond donors (Lipinski definition) is 1. The molecule has 2 heterocycles. The zero-order valence-corrected chi connectivity index (χ0v) is 12.9. The number of ether oxygens (including phenoxy) is 2. The van der Waals surface area contributed by atoms with Crippen LogP contribution in [0, 0.1) is 0 Å². The van der Waals surface area contributed by atoms with Crippen LogP contribution in [-0.4, -0.2) is 18.3 Å². The Labute approximate surface area is 127 Å². The molecular formula is C13H10BrClO3S.